The van der Waals surface area contributed by atoms with Gasteiger partial charge in [0.1, 0.15) is 6.10 Å². The van der Waals surface area contributed by atoms with Gasteiger partial charge in [0.05, 0.1) is 18.7 Å². The molecule has 1 aromatic carbocycles. The molecule has 4 aliphatic rings. The number of H-pyrrole nitrogens is 1. The van der Waals surface area contributed by atoms with Crippen LogP contribution in [-0.4, -0.2) is 60.0 Å². The Balaban J connectivity index is 1.37. The van der Waals surface area contributed by atoms with Crippen molar-refractivity contribution in [1.29, 1.82) is 0 Å². The summed E-state index contributed by atoms with van der Waals surface area (Å²) >= 11 is 0. The van der Waals surface area contributed by atoms with E-state index in [4.69, 9.17) is 9.47 Å². The van der Waals surface area contributed by atoms with E-state index in [1.807, 2.05) is 6.07 Å². The predicted molar refractivity (Wildman–Crippen MR) is 97.9 cm³/mol. The molecule has 3 saturated heterocycles. The van der Waals surface area contributed by atoms with Crippen LogP contribution in [0.5, 0.6) is 0 Å². The van der Waals surface area contributed by atoms with E-state index in [1.54, 1.807) is 0 Å². The molecule has 1 aromatic heterocycles. The second-order valence-electron chi connectivity index (χ2n) is 7.47. The monoisotopic (exact) mass is 353 g/mol. The Labute approximate surface area is 152 Å². The van der Waals surface area contributed by atoms with Crippen LogP contribution in [0.25, 0.3) is 16.5 Å². The van der Waals surface area contributed by atoms with Crippen LogP contribution in [0.15, 0.2) is 24.3 Å². The maximum atomic E-state index is 12.7. The first-order valence-electron chi connectivity index (χ1n) is 9.46. The van der Waals surface area contributed by atoms with Crippen LogP contribution in [-0.2, 0) is 9.47 Å². The lowest BCUT2D eigenvalue weighted by Crippen LogP contribution is -2.51. The molecule has 0 saturated carbocycles. The van der Waals surface area contributed by atoms with Gasteiger partial charge in [-0.15, -0.1) is 0 Å². The number of aromatic nitrogens is 2. The highest BCUT2D eigenvalue weighted by atomic mass is 16.5. The van der Waals surface area contributed by atoms with Crippen LogP contribution in [0.4, 0.5) is 0 Å². The molecule has 26 heavy (non-hydrogen) atoms. The summed E-state index contributed by atoms with van der Waals surface area (Å²) in [6.07, 6.45) is 5.28. The molecule has 1 N–H and O–H groups in total. The van der Waals surface area contributed by atoms with Gasteiger partial charge in [-0.25, -0.2) is 4.79 Å². The molecule has 0 spiro atoms. The van der Waals surface area contributed by atoms with Gasteiger partial charge in [0.25, 0.3) is 0 Å². The van der Waals surface area contributed by atoms with Gasteiger partial charge in [-0.3, -0.25) is 10.00 Å². The molecule has 2 bridgehead atoms. The Morgan fingerprint density at radius 2 is 2.19 bits per heavy atom. The van der Waals surface area contributed by atoms with Crippen LogP contribution in [0.2, 0.25) is 0 Å². The van der Waals surface area contributed by atoms with E-state index in [0.717, 1.165) is 62.0 Å². The van der Waals surface area contributed by atoms with E-state index in [0.29, 0.717) is 18.2 Å². The van der Waals surface area contributed by atoms with Crippen LogP contribution >= 0.6 is 0 Å². The van der Waals surface area contributed by atoms with Gasteiger partial charge in [-0.2, -0.15) is 5.10 Å². The summed E-state index contributed by atoms with van der Waals surface area (Å²) in [5.41, 5.74) is 3.70. The van der Waals surface area contributed by atoms with Crippen molar-refractivity contribution in [3.8, 4) is 0 Å². The Hall–Kier alpha value is -2.18. The second-order valence-corrected chi connectivity index (χ2v) is 7.47. The number of carbonyl (C=O) groups excluding carboxylic acids is 1. The second kappa shape index (κ2) is 6.52. The molecule has 6 nitrogen and oxygen atoms in total. The number of benzene rings is 1. The first-order valence-corrected chi connectivity index (χ1v) is 9.46. The lowest BCUT2D eigenvalue weighted by atomic mass is 9.86. The molecule has 1 unspecified atom stereocenters. The number of fused-ring (bicyclic) bond motifs is 4. The summed E-state index contributed by atoms with van der Waals surface area (Å²) in [6.45, 7) is 4.54. The molecule has 6 heteroatoms. The van der Waals surface area contributed by atoms with Crippen molar-refractivity contribution in [2.45, 2.75) is 25.4 Å². The number of piperidine rings is 3. The number of carbonyl (C=O) groups is 1. The number of nitrogens with one attached hydrogen (secondary N) is 1. The van der Waals surface area contributed by atoms with Crippen molar-refractivity contribution in [3.63, 3.8) is 0 Å². The molecule has 6 rings (SSSR count). The van der Waals surface area contributed by atoms with Crippen molar-refractivity contribution in [2.75, 3.05) is 32.8 Å². The lowest BCUT2D eigenvalue weighted by molar-refractivity contribution is -0.0458. The highest BCUT2D eigenvalue weighted by Crippen LogP contribution is 2.31. The standard InChI is InChI=1S/C20H23N3O3/c24-20(26-18-12-23-7-3-14(18)4-8-23)19-16-2-1-15(11-17(16)21-22-19)13-5-9-25-10-6-13/h1-2,5,11,14,18H,3-4,6-10,12H2,(H,21,22). The number of hydrogen-bond acceptors (Lipinski definition) is 5. The zero-order valence-corrected chi connectivity index (χ0v) is 14.7. The molecular formula is C20H23N3O3. The molecule has 4 aliphatic heterocycles. The Kier molecular flexibility index (Phi) is 4.02. The highest BCUT2D eigenvalue weighted by molar-refractivity contribution is 6.02. The topological polar surface area (TPSA) is 67.5 Å². The number of nitrogens with zero attached hydrogens (tertiary/aromatic N) is 2. The molecule has 3 fully saturated rings. The van der Waals surface area contributed by atoms with Crippen molar-refractivity contribution >= 4 is 22.4 Å². The zero-order valence-electron chi connectivity index (χ0n) is 14.7. The molecule has 2 aromatic rings. The molecule has 1 atom stereocenters. The number of ether oxygens (including phenoxy) is 2. The van der Waals surface area contributed by atoms with Crippen molar-refractivity contribution < 1.29 is 14.3 Å². The molecule has 0 amide bonds. The minimum Gasteiger partial charge on any atom is -0.456 e. The minimum absolute atomic E-state index is 0.00316. The maximum absolute atomic E-state index is 12.7. The molecule has 5 heterocycles. The number of hydrogen-bond donors (Lipinski definition) is 1. The molecular weight excluding hydrogens is 330 g/mol. The SMILES string of the molecule is O=C(OC1CN2CCC1CC2)c1n[nH]c2cc(C3=CCOCC3)ccc12. The molecule has 136 valence electrons. The van der Waals surface area contributed by atoms with Crippen molar-refractivity contribution in [3.05, 3.63) is 35.5 Å². The van der Waals surface area contributed by atoms with E-state index in [2.05, 4.69) is 33.3 Å². The van der Waals surface area contributed by atoms with Crippen LogP contribution in [0.3, 0.4) is 0 Å². The van der Waals surface area contributed by atoms with Crippen molar-refractivity contribution in [2.24, 2.45) is 5.92 Å². The molecule has 0 radical (unpaired) electrons. The minimum atomic E-state index is -0.312. The first kappa shape index (κ1) is 16.0. The number of esters is 1. The number of aromatic amines is 1. The van der Waals surface area contributed by atoms with Gasteiger partial charge in [0.2, 0.25) is 0 Å². The highest BCUT2D eigenvalue weighted by Gasteiger charge is 2.37. The van der Waals surface area contributed by atoms with Gasteiger partial charge in [-0.05, 0) is 61.5 Å². The van der Waals surface area contributed by atoms with E-state index in [-0.39, 0.29) is 12.1 Å². The average molecular weight is 353 g/mol. The summed E-state index contributed by atoms with van der Waals surface area (Å²) in [6, 6.07) is 6.09. The van der Waals surface area contributed by atoms with Crippen molar-refractivity contribution in [1.82, 2.24) is 15.1 Å². The van der Waals surface area contributed by atoms with Gasteiger partial charge in [0.15, 0.2) is 5.69 Å². The maximum Gasteiger partial charge on any atom is 0.359 e. The van der Waals surface area contributed by atoms with E-state index in [1.165, 1.54) is 5.57 Å². The summed E-state index contributed by atoms with van der Waals surface area (Å²) in [5, 5.41) is 8.08. The van der Waals surface area contributed by atoms with Crippen LogP contribution in [0, 0.1) is 5.92 Å². The van der Waals surface area contributed by atoms with Gasteiger partial charge in [0, 0.05) is 11.9 Å². The largest absolute Gasteiger partial charge is 0.456 e. The third-order valence-corrected chi connectivity index (χ3v) is 5.94. The zero-order chi connectivity index (χ0) is 17.5. The summed E-state index contributed by atoms with van der Waals surface area (Å²) < 4.78 is 11.2. The lowest BCUT2D eigenvalue weighted by Gasteiger charge is -2.43. The quantitative estimate of drug-likeness (QED) is 0.859. The fraction of sp³-hybridized carbons (Fsp3) is 0.500. The smallest absolute Gasteiger partial charge is 0.359 e. The van der Waals surface area contributed by atoms with Gasteiger partial charge in [-0.1, -0.05) is 12.1 Å². The van der Waals surface area contributed by atoms with Gasteiger partial charge >= 0.3 is 5.97 Å². The fourth-order valence-electron chi connectivity index (χ4n) is 4.40. The Morgan fingerprint density at radius 1 is 1.31 bits per heavy atom. The average Bonchev–Trinajstić information content (AvgIpc) is 3.13. The predicted octanol–water partition coefficient (Wildman–Crippen LogP) is 2.62. The fourth-order valence-corrected chi connectivity index (χ4v) is 4.40. The Bertz CT molecular complexity index is 864. The van der Waals surface area contributed by atoms with Crippen LogP contribution in [0.1, 0.15) is 35.3 Å². The van der Waals surface area contributed by atoms with Gasteiger partial charge < -0.3 is 9.47 Å². The van der Waals surface area contributed by atoms with E-state index in [9.17, 15) is 4.79 Å². The van der Waals surface area contributed by atoms with Crippen LogP contribution < -0.4 is 0 Å². The third-order valence-electron chi connectivity index (χ3n) is 5.94. The van der Waals surface area contributed by atoms with E-state index < -0.39 is 0 Å². The third kappa shape index (κ3) is 2.83. The van der Waals surface area contributed by atoms with E-state index >= 15 is 0 Å². The number of rotatable bonds is 3. The summed E-state index contributed by atoms with van der Waals surface area (Å²) in [7, 11) is 0. The molecule has 0 aliphatic carbocycles. The first-order chi connectivity index (χ1) is 12.8. The summed E-state index contributed by atoms with van der Waals surface area (Å²) in [4.78, 5) is 15.1. The Morgan fingerprint density at radius 3 is 2.92 bits per heavy atom. The summed E-state index contributed by atoms with van der Waals surface area (Å²) in [5.74, 6) is 0.189. The normalized spacial score (nSPS) is 28.2.